The monoisotopic (exact) mass is 436 g/mol. The van der Waals surface area contributed by atoms with Gasteiger partial charge in [-0.3, -0.25) is 14.4 Å². The van der Waals surface area contributed by atoms with Gasteiger partial charge in [0.1, 0.15) is 0 Å². The Morgan fingerprint density at radius 2 is 1.66 bits per heavy atom. The van der Waals surface area contributed by atoms with Crippen LogP contribution in [-0.4, -0.2) is 51.7 Å². The van der Waals surface area contributed by atoms with E-state index in [1.165, 1.54) is 48.8 Å². The second-order valence-corrected chi connectivity index (χ2v) is 9.69. The lowest BCUT2D eigenvalue weighted by Gasteiger charge is -2.33. The zero-order valence-corrected chi connectivity index (χ0v) is 20.2. The lowest BCUT2D eigenvalue weighted by atomic mass is 9.84. The van der Waals surface area contributed by atoms with Gasteiger partial charge in [0, 0.05) is 49.9 Å². The first-order valence-corrected chi connectivity index (χ1v) is 12.7. The van der Waals surface area contributed by atoms with E-state index in [-0.39, 0.29) is 5.92 Å². The van der Waals surface area contributed by atoms with Crippen LogP contribution in [0.1, 0.15) is 75.8 Å². The largest absolute Gasteiger partial charge is 0.343 e. The molecule has 2 fully saturated rings. The molecule has 1 aliphatic carbocycles. The summed E-state index contributed by atoms with van der Waals surface area (Å²) >= 11 is 0. The molecule has 0 N–H and O–H groups in total. The van der Waals surface area contributed by atoms with Crippen LogP contribution >= 0.6 is 0 Å². The molecule has 4 rings (SSSR count). The van der Waals surface area contributed by atoms with E-state index in [0.717, 1.165) is 57.2 Å². The highest BCUT2D eigenvalue weighted by molar-refractivity contribution is 5.78. The number of hydrogen-bond donors (Lipinski definition) is 0. The van der Waals surface area contributed by atoms with E-state index in [1.807, 2.05) is 16.6 Å². The first-order valence-electron chi connectivity index (χ1n) is 12.7. The first kappa shape index (κ1) is 23.0. The molecule has 32 heavy (non-hydrogen) atoms. The zero-order chi connectivity index (χ0) is 22.5. The van der Waals surface area contributed by atoms with Crippen molar-refractivity contribution in [3.8, 4) is 11.3 Å². The van der Waals surface area contributed by atoms with Crippen molar-refractivity contribution in [2.75, 3.05) is 26.2 Å². The highest BCUT2D eigenvalue weighted by atomic mass is 16.2. The Balaban J connectivity index is 1.39. The summed E-state index contributed by atoms with van der Waals surface area (Å²) in [7, 11) is 2.01. The average molecular weight is 437 g/mol. The van der Waals surface area contributed by atoms with Crippen LogP contribution in [-0.2, 0) is 18.4 Å². The maximum atomic E-state index is 12.7. The smallest absolute Gasteiger partial charge is 0.225 e. The Bertz CT molecular complexity index is 870. The highest BCUT2D eigenvalue weighted by Gasteiger charge is 2.28. The zero-order valence-electron chi connectivity index (χ0n) is 20.2. The summed E-state index contributed by atoms with van der Waals surface area (Å²) in [4.78, 5) is 17.2. The number of nitrogens with zero attached hydrogens (tertiary/aromatic N) is 4. The molecule has 2 aromatic rings. The molecule has 174 valence electrons. The van der Waals surface area contributed by atoms with Gasteiger partial charge in [-0.25, -0.2) is 0 Å². The summed E-state index contributed by atoms with van der Waals surface area (Å²) in [5, 5.41) is 4.81. The molecule has 0 unspecified atom stereocenters. The van der Waals surface area contributed by atoms with Gasteiger partial charge in [-0.1, -0.05) is 43.5 Å². The van der Waals surface area contributed by atoms with Gasteiger partial charge in [0.2, 0.25) is 5.91 Å². The van der Waals surface area contributed by atoms with Crippen molar-refractivity contribution >= 4 is 5.91 Å². The topological polar surface area (TPSA) is 41.4 Å². The molecule has 0 atom stereocenters. The van der Waals surface area contributed by atoms with Crippen molar-refractivity contribution in [2.24, 2.45) is 13.0 Å². The number of amides is 1. The summed E-state index contributed by atoms with van der Waals surface area (Å²) in [5.74, 6) is 1.27. The van der Waals surface area contributed by atoms with Crippen molar-refractivity contribution in [3.05, 3.63) is 41.6 Å². The van der Waals surface area contributed by atoms with E-state index in [2.05, 4.69) is 49.2 Å². The van der Waals surface area contributed by atoms with Gasteiger partial charge in [-0.2, -0.15) is 5.10 Å². The normalized spacial score (nSPS) is 18.7. The molecule has 1 amide bonds. The molecule has 5 nitrogen and oxygen atoms in total. The molecule has 1 aliphatic heterocycles. The van der Waals surface area contributed by atoms with Crippen LogP contribution in [0.2, 0.25) is 0 Å². The number of benzene rings is 1. The quantitative estimate of drug-likeness (QED) is 0.598. The standard InChI is InChI=1S/C27H40N4O/c1-4-31(5-2)27(32)24-15-17-30(18-16-24)20-25-19-29(3)28-26(25)23-13-11-22(12-14-23)21-9-7-6-8-10-21/h11-14,19,21,24H,4-10,15-18,20H2,1-3H3. The number of aromatic nitrogens is 2. The predicted octanol–water partition coefficient (Wildman–Crippen LogP) is 5.22. The Hall–Kier alpha value is -2.14. The van der Waals surface area contributed by atoms with Crippen molar-refractivity contribution in [1.82, 2.24) is 19.6 Å². The molecule has 0 bridgehead atoms. The minimum Gasteiger partial charge on any atom is -0.343 e. The van der Waals surface area contributed by atoms with Gasteiger partial charge in [0.15, 0.2) is 0 Å². The van der Waals surface area contributed by atoms with Gasteiger partial charge in [-0.15, -0.1) is 0 Å². The summed E-state index contributed by atoms with van der Waals surface area (Å²) < 4.78 is 1.94. The number of carbonyl (C=O) groups is 1. The SMILES string of the molecule is CCN(CC)C(=O)C1CCN(Cc2cn(C)nc2-c2ccc(C3CCCCC3)cc2)CC1. The van der Waals surface area contributed by atoms with Crippen molar-refractivity contribution in [2.45, 2.75) is 71.3 Å². The second-order valence-electron chi connectivity index (χ2n) is 9.69. The lowest BCUT2D eigenvalue weighted by Crippen LogP contribution is -2.42. The van der Waals surface area contributed by atoms with Gasteiger partial charge >= 0.3 is 0 Å². The van der Waals surface area contributed by atoms with Gasteiger partial charge in [-0.05, 0) is 64.1 Å². The Labute approximate surface area is 193 Å². The van der Waals surface area contributed by atoms with Crippen LogP contribution in [0.15, 0.2) is 30.5 Å². The molecule has 1 saturated heterocycles. The van der Waals surface area contributed by atoms with Crippen LogP contribution in [0.5, 0.6) is 0 Å². The van der Waals surface area contributed by atoms with E-state index in [9.17, 15) is 4.79 Å². The second kappa shape index (κ2) is 10.7. The van der Waals surface area contributed by atoms with E-state index < -0.39 is 0 Å². The van der Waals surface area contributed by atoms with Gasteiger partial charge in [0.05, 0.1) is 5.69 Å². The minimum absolute atomic E-state index is 0.187. The number of aryl methyl sites for hydroxylation is 1. The minimum atomic E-state index is 0.187. The van der Waals surface area contributed by atoms with Crippen LogP contribution in [0.25, 0.3) is 11.3 Å². The summed E-state index contributed by atoms with van der Waals surface area (Å²) in [6.45, 7) is 8.63. The van der Waals surface area contributed by atoms with Crippen molar-refractivity contribution in [3.63, 3.8) is 0 Å². The predicted molar refractivity (Wildman–Crippen MR) is 130 cm³/mol. The third-order valence-corrected chi connectivity index (χ3v) is 7.57. The number of hydrogen-bond acceptors (Lipinski definition) is 3. The molecule has 2 aliphatic rings. The number of rotatable bonds is 7. The first-order chi connectivity index (χ1) is 15.6. The molecular weight excluding hydrogens is 396 g/mol. The molecular formula is C27H40N4O. The molecule has 2 heterocycles. The van der Waals surface area contributed by atoms with Gasteiger partial charge < -0.3 is 4.90 Å². The van der Waals surface area contributed by atoms with Crippen LogP contribution < -0.4 is 0 Å². The number of piperidine rings is 1. The van der Waals surface area contributed by atoms with Crippen LogP contribution in [0.4, 0.5) is 0 Å². The molecule has 1 aromatic heterocycles. The lowest BCUT2D eigenvalue weighted by molar-refractivity contribution is -0.136. The molecule has 1 saturated carbocycles. The van der Waals surface area contributed by atoms with Crippen LogP contribution in [0.3, 0.4) is 0 Å². The maximum Gasteiger partial charge on any atom is 0.225 e. The average Bonchev–Trinajstić information content (AvgIpc) is 3.20. The summed E-state index contributed by atoms with van der Waals surface area (Å²) in [6, 6.07) is 9.19. The van der Waals surface area contributed by atoms with Gasteiger partial charge in [0.25, 0.3) is 0 Å². The highest BCUT2D eigenvalue weighted by Crippen LogP contribution is 2.34. The van der Waals surface area contributed by atoms with Crippen LogP contribution in [0, 0.1) is 5.92 Å². The number of likely N-dealkylation sites (tertiary alicyclic amines) is 1. The van der Waals surface area contributed by atoms with E-state index in [1.54, 1.807) is 0 Å². The summed E-state index contributed by atoms with van der Waals surface area (Å²) in [6.07, 6.45) is 10.9. The fourth-order valence-corrected chi connectivity index (χ4v) is 5.62. The maximum absolute atomic E-state index is 12.7. The van der Waals surface area contributed by atoms with Crippen molar-refractivity contribution < 1.29 is 4.79 Å². The molecule has 0 radical (unpaired) electrons. The fourth-order valence-electron chi connectivity index (χ4n) is 5.62. The Morgan fingerprint density at radius 3 is 2.28 bits per heavy atom. The van der Waals surface area contributed by atoms with E-state index >= 15 is 0 Å². The molecule has 0 spiro atoms. The third kappa shape index (κ3) is 5.25. The summed E-state index contributed by atoms with van der Waals surface area (Å²) in [5.41, 5.74) is 5.09. The Morgan fingerprint density at radius 1 is 1.00 bits per heavy atom. The molecule has 5 heteroatoms. The van der Waals surface area contributed by atoms with E-state index in [0.29, 0.717) is 5.91 Å². The molecule has 1 aromatic carbocycles. The Kier molecular flexibility index (Phi) is 7.67. The van der Waals surface area contributed by atoms with E-state index in [4.69, 9.17) is 5.10 Å². The van der Waals surface area contributed by atoms with Crippen molar-refractivity contribution in [1.29, 1.82) is 0 Å². The fraction of sp³-hybridized carbons (Fsp3) is 0.630. The number of carbonyl (C=O) groups excluding carboxylic acids is 1. The third-order valence-electron chi connectivity index (χ3n) is 7.57.